The minimum Gasteiger partial charge on any atom is -0.192 e. The van der Waals surface area contributed by atoms with Crippen LogP contribution >= 0.6 is 0 Å². The Morgan fingerprint density at radius 3 is 2.38 bits per heavy atom. The Kier molecular flexibility index (Phi) is 2.95. The first-order valence-electron chi connectivity index (χ1n) is 4.79. The minimum atomic E-state index is -2.75. The highest BCUT2D eigenvalue weighted by Gasteiger charge is 2.27. The van der Waals surface area contributed by atoms with Crippen LogP contribution in [0.1, 0.15) is 46.0 Å². The van der Waals surface area contributed by atoms with Gasteiger partial charge in [0.25, 0.3) is 0 Å². The number of rotatable bonds is 0. The Morgan fingerprint density at radius 1 is 1.08 bits per heavy atom. The van der Waals surface area contributed by atoms with E-state index in [0.717, 1.165) is 12.8 Å². The quantitative estimate of drug-likeness (QED) is 0.507. The fraction of sp³-hybridized carbons (Fsp3) is 0.818. The highest BCUT2D eigenvalue weighted by molar-refractivity contribution is 5.11. The SMILES string of the molecule is CC1(C)CC#CC(F)(F)CCCC1. The first kappa shape index (κ1) is 10.5. The van der Waals surface area contributed by atoms with E-state index in [1.165, 1.54) is 0 Å². The predicted octanol–water partition coefficient (Wildman–Crippen LogP) is 3.62. The molecule has 0 radical (unpaired) electrons. The Hall–Kier alpha value is -0.580. The van der Waals surface area contributed by atoms with Crippen LogP contribution in [-0.4, -0.2) is 5.92 Å². The van der Waals surface area contributed by atoms with E-state index >= 15 is 0 Å². The minimum absolute atomic E-state index is 0.0733. The molecule has 0 nitrogen and oxygen atoms in total. The van der Waals surface area contributed by atoms with Gasteiger partial charge in [0.1, 0.15) is 0 Å². The summed E-state index contributed by atoms with van der Waals surface area (Å²) < 4.78 is 25.8. The molecular weight excluding hydrogens is 170 g/mol. The molecule has 74 valence electrons. The molecule has 0 atom stereocenters. The van der Waals surface area contributed by atoms with Gasteiger partial charge in [0, 0.05) is 12.8 Å². The molecule has 0 saturated heterocycles. The highest BCUT2D eigenvalue weighted by atomic mass is 19.3. The molecule has 0 amide bonds. The van der Waals surface area contributed by atoms with Gasteiger partial charge in [-0.15, -0.1) is 0 Å². The van der Waals surface area contributed by atoms with Crippen molar-refractivity contribution in [3.63, 3.8) is 0 Å². The van der Waals surface area contributed by atoms with Gasteiger partial charge >= 0.3 is 5.92 Å². The third-order valence-corrected chi connectivity index (χ3v) is 2.43. The summed E-state index contributed by atoms with van der Waals surface area (Å²) in [5.41, 5.74) is 0.105. The fourth-order valence-corrected chi connectivity index (χ4v) is 1.51. The molecule has 0 aliphatic heterocycles. The van der Waals surface area contributed by atoms with Crippen LogP contribution in [0, 0.1) is 17.3 Å². The third-order valence-electron chi connectivity index (χ3n) is 2.43. The van der Waals surface area contributed by atoms with Crippen molar-refractivity contribution in [3.8, 4) is 11.8 Å². The van der Waals surface area contributed by atoms with Crippen LogP contribution in [0.3, 0.4) is 0 Å². The summed E-state index contributed by atoms with van der Waals surface area (Å²) in [6, 6.07) is 0. The molecule has 1 aliphatic rings. The lowest BCUT2D eigenvalue weighted by atomic mass is 9.84. The molecule has 0 unspecified atom stereocenters. The highest BCUT2D eigenvalue weighted by Crippen LogP contribution is 2.31. The maximum absolute atomic E-state index is 12.9. The molecule has 0 heterocycles. The number of halogens is 2. The molecule has 0 N–H and O–H groups in total. The summed E-state index contributed by atoms with van der Waals surface area (Å²) in [5, 5.41) is 0. The van der Waals surface area contributed by atoms with Crippen molar-refractivity contribution >= 4 is 0 Å². The van der Waals surface area contributed by atoms with Crippen molar-refractivity contribution in [3.05, 3.63) is 0 Å². The van der Waals surface area contributed by atoms with E-state index in [1.54, 1.807) is 0 Å². The summed E-state index contributed by atoms with van der Waals surface area (Å²) in [5.74, 6) is 1.93. The smallest absolute Gasteiger partial charge is 0.192 e. The average Bonchev–Trinajstić information content (AvgIpc) is 2.01. The lowest BCUT2D eigenvalue weighted by molar-refractivity contribution is 0.0536. The molecule has 0 fully saturated rings. The van der Waals surface area contributed by atoms with E-state index in [9.17, 15) is 8.78 Å². The van der Waals surface area contributed by atoms with Crippen molar-refractivity contribution in [1.29, 1.82) is 0 Å². The normalized spacial score (nSPS) is 26.2. The Morgan fingerprint density at radius 2 is 1.69 bits per heavy atom. The molecule has 0 aromatic carbocycles. The van der Waals surface area contributed by atoms with Crippen molar-refractivity contribution in [2.75, 3.05) is 0 Å². The lowest BCUT2D eigenvalue weighted by Gasteiger charge is -2.20. The first-order valence-corrected chi connectivity index (χ1v) is 4.79. The molecule has 1 rings (SSSR count). The number of hydrogen-bond donors (Lipinski definition) is 0. The average molecular weight is 186 g/mol. The van der Waals surface area contributed by atoms with Crippen molar-refractivity contribution < 1.29 is 8.78 Å². The number of alkyl halides is 2. The van der Waals surface area contributed by atoms with Gasteiger partial charge < -0.3 is 0 Å². The molecule has 0 aromatic heterocycles. The zero-order chi connectivity index (χ0) is 9.95. The van der Waals surface area contributed by atoms with Gasteiger partial charge in [-0.25, -0.2) is 0 Å². The zero-order valence-electron chi connectivity index (χ0n) is 8.29. The predicted molar refractivity (Wildman–Crippen MR) is 49.6 cm³/mol. The summed E-state index contributed by atoms with van der Waals surface area (Å²) in [7, 11) is 0. The van der Waals surface area contributed by atoms with Crippen LogP contribution in [0.2, 0.25) is 0 Å². The van der Waals surface area contributed by atoms with Gasteiger partial charge in [0.05, 0.1) is 0 Å². The van der Waals surface area contributed by atoms with Crippen LogP contribution in [0.25, 0.3) is 0 Å². The largest absolute Gasteiger partial charge is 0.308 e. The van der Waals surface area contributed by atoms with Crippen molar-refractivity contribution in [2.45, 2.75) is 51.9 Å². The van der Waals surface area contributed by atoms with E-state index < -0.39 is 5.92 Å². The van der Waals surface area contributed by atoms with E-state index in [1.807, 2.05) is 0 Å². The maximum Gasteiger partial charge on any atom is 0.308 e. The van der Waals surface area contributed by atoms with Gasteiger partial charge in [0.15, 0.2) is 0 Å². The summed E-state index contributed by atoms with van der Waals surface area (Å²) >= 11 is 0. The van der Waals surface area contributed by atoms with Crippen LogP contribution in [0.5, 0.6) is 0 Å². The first-order chi connectivity index (χ1) is 5.91. The standard InChI is InChI=1S/C11H16F2/c1-10(2)6-3-4-8-11(12,13)9-5-7-10/h3-4,6-8H2,1-2H3. The molecule has 1 aliphatic carbocycles. The van der Waals surface area contributed by atoms with Gasteiger partial charge in [-0.3, -0.25) is 0 Å². The second kappa shape index (κ2) is 3.65. The molecule has 2 heteroatoms. The monoisotopic (exact) mass is 186 g/mol. The number of hydrogen-bond acceptors (Lipinski definition) is 0. The van der Waals surface area contributed by atoms with E-state index in [-0.39, 0.29) is 11.8 Å². The Labute approximate surface area is 78.7 Å². The maximum atomic E-state index is 12.9. The van der Waals surface area contributed by atoms with E-state index in [0.29, 0.717) is 12.8 Å². The van der Waals surface area contributed by atoms with Gasteiger partial charge in [0.2, 0.25) is 0 Å². The zero-order valence-corrected chi connectivity index (χ0v) is 8.29. The van der Waals surface area contributed by atoms with E-state index in [2.05, 4.69) is 25.7 Å². The molecular formula is C11H16F2. The van der Waals surface area contributed by atoms with Gasteiger partial charge in [-0.05, 0) is 24.2 Å². The van der Waals surface area contributed by atoms with Gasteiger partial charge in [-0.2, -0.15) is 8.78 Å². The van der Waals surface area contributed by atoms with Crippen LogP contribution in [0.4, 0.5) is 8.78 Å². The Bertz CT molecular complexity index is 230. The second-order valence-corrected chi connectivity index (χ2v) is 4.55. The van der Waals surface area contributed by atoms with Crippen LogP contribution in [-0.2, 0) is 0 Å². The lowest BCUT2D eigenvalue weighted by Crippen LogP contribution is -2.11. The third kappa shape index (κ3) is 3.76. The van der Waals surface area contributed by atoms with Crippen molar-refractivity contribution in [2.24, 2.45) is 5.41 Å². The molecule has 0 saturated carbocycles. The molecule has 0 bridgehead atoms. The van der Waals surface area contributed by atoms with Crippen molar-refractivity contribution in [1.82, 2.24) is 0 Å². The molecule has 0 aromatic rings. The second-order valence-electron chi connectivity index (χ2n) is 4.55. The van der Waals surface area contributed by atoms with E-state index in [4.69, 9.17) is 0 Å². The van der Waals surface area contributed by atoms with Crippen LogP contribution in [0.15, 0.2) is 0 Å². The fourth-order valence-electron chi connectivity index (χ4n) is 1.51. The Balaban J connectivity index is 2.68. The summed E-state index contributed by atoms with van der Waals surface area (Å²) in [6.07, 6.45) is 2.98. The van der Waals surface area contributed by atoms with Gasteiger partial charge in [-0.1, -0.05) is 26.2 Å². The summed E-state index contributed by atoms with van der Waals surface area (Å²) in [6.45, 7) is 4.18. The molecule has 13 heavy (non-hydrogen) atoms. The van der Waals surface area contributed by atoms with Crippen LogP contribution < -0.4 is 0 Å². The topological polar surface area (TPSA) is 0 Å². The summed E-state index contributed by atoms with van der Waals surface area (Å²) in [4.78, 5) is 0. The molecule has 0 spiro atoms.